The summed E-state index contributed by atoms with van der Waals surface area (Å²) in [5.74, 6) is 5.76. The molecule has 0 radical (unpaired) electrons. The van der Waals surface area contributed by atoms with Gasteiger partial charge in [-0.05, 0) is 104 Å². The van der Waals surface area contributed by atoms with E-state index in [1.54, 1.807) is 0 Å². The van der Waals surface area contributed by atoms with E-state index in [0.717, 1.165) is 48.3 Å². The molecule has 3 saturated carbocycles. The lowest BCUT2D eigenvalue weighted by atomic mass is 9.45. The van der Waals surface area contributed by atoms with Gasteiger partial charge in [0.25, 0.3) is 0 Å². The van der Waals surface area contributed by atoms with E-state index in [0.29, 0.717) is 24.2 Å². The Morgan fingerprint density at radius 3 is 2.29 bits per heavy atom. The van der Waals surface area contributed by atoms with Crippen molar-refractivity contribution in [3.8, 4) is 12.1 Å². The number of rotatable bonds is 9. The molecule has 3 aliphatic rings. The van der Waals surface area contributed by atoms with Crippen LogP contribution in [0.1, 0.15) is 118 Å². The molecule has 0 aliphatic heterocycles. The number of hydrogen-bond acceptors (Lipinski definition) is 2. The van der Waals surface area contributed by atoms with Crippen molar-refractivity contribution in [2.45, 2.75) is 118 Å². The molecule has 31 heavy (non-hydrogen) atoms. The van der Waals surface area contributed by atoms with Gasteiger partial charge in [-0.25, -0.2) is 0 Å². The van der Waals surface area contributed by atoms with Crippen LogP contribution in [-0.4, -0.2) is 0 Å². The fraction of sp³-hybridized carbons (Fsp3) is 0.931. The molecule has 0 aromatic heterocycles. The van der Waals surface area contributed by atoms with Crippen LogP contribution >= 0.6 is 0 Å². The van der Waals surface area contributed by atoms with Crippen LogP contribution in [-0.2, 0) is 0 Å². The first kappa shape index (κ1) is 24.6. The second-order valence-corrected chi connectivity index (χ2v) is 12.5. The van der Waals surface area contributed by atoms with Crippen molar-refractivity contribution >= 4 is 0 Å². The van der Waals surface area contributed by atoms with Gasteiger partial charge in [-0.2, -0.15) is 10.5 Å². The van der Waals surface area contributed by atoms with Crippen molar-refractivity contribution in [1.29, 1.82) is 10.5 Å². The summed E-state index contributed by atoms with van der Waals surface area (Å²) in [4.78, 5) is 0. The molecule has 2 nitrogen and oxygen atoms in total. The van der Waals surface area contributed by atoms with Crippen molar-refractivity contribution < 1.29 is 0 Å². The summed E-state index contributed by atoms with van der Waals surface area (Å²) < 4.78 is 0. The molecule has 0 N–H and O–H groups in total. The first-order valence-corrected chi connectivity index (χ1v) is 13.5. The van der Waals surface area contributed by atoms with Crippen molar-refractivity contribution in [2.24, 2.45) is 52.3 Å². The summed E-state index contributed by atoms with van der Waals surface area (Å²) in [6.45, 7) is 12.4. The molecule has 3 aliphatic carbocycles. The molecule has 3 fully saturated rings. The monoisotopic (exact) mass is 424 g/mol. The Bertz CT molecular complexity index is 669. The zero-order valence-corrected chi connectivity index (χ0v) is 21.1. The molecule has 0 aromatic carbocycles. The SMILES string of the molecule is CC(C)CCC[C@@H](C)C1CCC2C3CC[C@@H](CCC#N)C(C)(CCC#N)C3CCC21C. The molecule has 6 unspecified atom stereocenters. The predicted molar refractivity (Wildman–Crippen MR) is 129 cm³/mol. The van der Waals surface area contributed by atoms with Gasteiger partial charge in [0, 0.05) is 12.8 Å². The zero-order chi connectivity index (χ0) is 22.6. The van der Waals surface area contributed by atoms with Crippen molar-refractivity contribution in [3.63, 3.8) is 0 Å². The summed E-state index contributed by atoms with van der Waals surface area (Å²) in [5, 5.41) is 18.6. The van der Waals surface area contributed by atoms with E-state index >= 15 is 0 Å². The first-order valence-electron chi connectivity index (χ1n) is 13.5. The molecule has 0 saturated heterocycles. The summed E-state index contributed by atoms with van der Waals surface area (Å²) in [6, 6.07) is 4.85. The topological polar surface area (TPSA) is 47.6 Å². The Kier molecular flexibility index (Phi) is 8.16. The number of fused-ring (bicyclic) bond motifs is 3. The molecular formula is C29H48N2. The molecular weight excluding hydrogens is 376 g/mol. The van der Waals surface area contributed by atoms with E-state index in [-0.39, 0.29) is 5.41 Å². The molecule has 174 valence electrons. The predicted octanol–water partition coefficient (Wildman–Crippen LogP) is 8.53. The second-order valence-electron chi connectivity index (χ2n) is 12.5. The Morgan fingerprint density at radius 2 is 1.61 bits per heavy atom. The van der Waals surface area contributed by atoms with Gasteiger partial charge in [-0.3, -0.25) is 0 Å². The maximum atomic E-state index is 9.36. The van der Waals surface area contributed by atoms with Gasteiger partial charge in [0.15, 0.2) is 0 Å². The smallest absolute Gasteiger partial charge is 0.0621 e. The van der Waals surface area contributed by atoms with E-state index < -0.39 is 0 Å². The van der Waals surface area contributed by atoms with Crippen LogP contribution < -0.4 is 0 Å². The first-order chi connectivity index (χ1) is 14.8. The van der Waals surface area contributed by atoms with Crippen LogP contribution in [0.5, 0.6) is 0 Å². The second kappa shape index (κ2) is 10.3. The van der Waals surface area contributed by atoms with Crippen LogP contribution in [0, 0.1) is 74.9 Å². The van der Waals surface area contributed by atoms with Gasteiger partial charge in [0.1, 0.15) is 0 Å². The molecule has 0 amide bonds. The Balaban J connectivity index is 1.75. The Hall–Kier alpha value is -1.02. The molecule has 0 spiro atoms. The van der Waals surface area contributed by atoms with E-state index in [1.807, 2.05) is 0 Å². The maximum absolute atomic E-state index is 9.36. The highest BCUT2D eigenvalue weighted by molar-refractivity contribution is 5.09. The lowest BCUT2D eigenvalue weighted by molar-refractivity contribution is -0.104. The van der Waals surface area contributed by atoms with Gasteiger partial charge in [0.05, 0.1) is 12.1 Å². The molecule has 0 aromatic rings. The lowest BCUT2D eigenvalue weighted by Gasteiger charge is -2.59. The van der Waals surface area contributed by atoms with Crippen molar-refractivity contribution in [3.05, 3.63) is 0 Å². The van der Waals surface area contributed by atoms with Gasteiger partial charge in [-0.1, -0.05) is 53.9 Å². The van der Waals surface area contributed by atoms with E-state index in [9.17, 15) is 10.5 Å². The van der Waals surface area contributed by atoms with Crippen LogP contribution in [0.15, 0.2) is 0 Å². The fourth-order valence-electron chi connectivity index (χ4n) is 8.99. The summed E-state index contributed by atoms with van der Waals surface area (Å²) >= 11 is 0. The van der Waals surface area contributed by atoms with E-state index in [1.165, 1.54) is 57.8 Å². The Labute approximate surface area is 193 Å². The van der Waals surface area contributed by atoms with Gasteiger partial charge < -0.3 is 0 Å². The minimum atomic E-state index is 0.262. The normalized spacial score (nSPS) is 40.6. The van der Waals surface area contributed by atoms with Gasteiger partial charge in [0.2, 0.25) is 0 Å². The van der Waals surface area contributed by atoms with Gasteiger partial charge in [-0.15, -0.1) is 0 Å². The third kappa shape index (κ3) is 4.85. The molecule has 2 heteroatoms. The number of hydrogen-bond donors (Lipinski definition) is 0. The molecule has 3 rings (SSSR count). The largest absolute Gasteiger partial charge is 0.198 e. The highest BCUT2D eigenvalue weighted by Gasteiger charge is 2.59. The number of nitrogens with zero attached hydrogens (tertiary/aromatic N) is 2. The van der Waals surface area contributed by atoms with E-state index in [4.69, 9.17) is 0 Å². The minimum absolute atomic E-state index is 0.262. The van der Waals surface area contributed by atoms with E-state index in [2.05, 4.69) is 46.8 Å². The lowest BCUT2D eigenvalue weighted by Crippen LogP contribution is -2.52. The van der Waals surface area contributed by atoms with Crippen molar-refractivity contribution in [2.75, 3.05) is 0 Å². The van der Waals surface area contributed by atoms with Crippen molar-refractivity contribution in [1.82, 2.24) is 0 Å². The fourth-order valence-corrected chi connectivity index (χ4v) is 8.99. The Morgan fingerprint density at radius 1 is 0.871 bits per heavy atom. The summed E-state index contributed by atoms with van der Waals surface area (Å²) in [5.41, 5.74) is 0.797. The quantitative estimate of drug-likeness (QED) is 0.372. The number of nitriles is 2. The van der Waals surface area contributed by atoms with Crippen LogP contribution in [0.2, 0.25) is 0 Å². The third-order valence-electron chi connectivity index (χ3n) is 10.6. The molecule has 0 heterocycles. The average Bonchev–Trinajstić information content (AvgIpc) is 3.09. The molecule has 8 atom stereocenters. The average molecular weight is 425 g/mol. The molecule has 0 bridgehead atoms. The van der Waals surface area contributed by atoms with Gasteiger partial charge >= 0.3 is 0 Å². The highest BCUT2D eigenvalue weighted by Crippen LogP contribution is 2.67. The van der Waals surface area contributed by atoms with Crippen LogP contribution in [0.3, 0.4) is 0 Å². The van der Waals surface area contributed by atoms with Crippen LogP contribution in [0.4, 0.5) is 0 Å². The summed E-state index contributed by atoms with van der Waals surface area (Å²) in [7, 11) is 0. The maximum Gasteiger partial charge on any atom is 0.0621 e. The zero-order valence-electron chi connectivity index (χ0n) is 21.1. The third-order valence-corrected chi connectivity index (χ3v) is 10.6. The minimum Gasteiger partial charge on any atom is -0.198 e. The summed E-state index contributed by atoms with van der Waals surface area (Å²) in [6.07, 6.45) is 15.9. The van der Waals surface area contributed by atoms with Crippen LogP contribution in [0.25, 0.3) is 0 Å². The standard InChI is InChI=1S/C29H48N2/c1-21(2)9-6-10-22(3)25-14-15-26-24-13-12-23(11-7-19-30)28(4,17-8-20-31)27(24)16-18-29(25,26)5/h21-27H,6-18H2,1-5H3/t22-,23-,24?,25?,26?,27?,28?,29?/m1/s1. The highest BCUT2D eigenvalue weighted by atomic mass is 14.6.